The molecule has 1 unspecified atom stereocenters. The highest BCUT2D eigenvalue weighted by Crippen LogP contribution is 2.21. The fourth-order valence-corrected chi connectivity index (χ4v) is 1.66. The number of carbonyl (C=O) groups excluding carboxylic acids is 1. The molecule has 2 aromatic rings. The molecule has 1 atom stereocenters. The van der Waals surface area contributed by atoms with Crippen LogP contribution >= 0.6 is 0 Å². The number of carbonyl (C=O) groups is 1. The molecular formula is C13H18N4O2. The number of benzene rings is 1. The normalized spacial score (nSPS) is 12.6. The van der Waals surface area contributed by atoms with Gasteiger partial charge in [-0.05, 0) is 32.9 Å². The summed E-state index contributed by atoms with van der Waals surface area (Å²) in [6.07, 6.45) is 0. The van der Waals surface area contributed by atoms with E-state index in [0.29, 0.717) is 22.8 Å². The van der Waals surface area contributed by atoms with Crippen molar-refractivity contribution in [2.75, 3.05) is 11.1 Å². The first kappa shape index (κ1) is 13.2. The van der Waals surface area contributed by atoms with E-state index in [1.54, 1.807) is 25.1 Å². The van der Waals surface area contributed by atoms with Gasteiger partial charge in [-0.25, -0.2) is 0 Å². The van der Waals surface area contributed by atoms with E-state index < -0.39 is 6.04 Å². The lowest BCUT2D eigenvalue weighted by Gasteiger charge is -2.14. The van der Waals surface area contributed by atoms with E-state index in [0.717, 1.165) is 0 Å². The maximum absolute atomic E-state index is 11.8. The van der Waals surface area contributed by atoms with Crippen molar-refractivity contribution >= 4 is 28.7 Å². The van der Waals surface area contributed by atoms with Gasteiger partial charge >= 0.3 is 0 Å². The summed E-state index contributed by atoms with van der Waals surface area (Å²) in [5, 5.41) is 5.74. The minimum absolute atomic E-state index is 0.0974. The fourth-order valence-electron chi connectivity index (χ4n) is 1.66. The van der Waals surface area contributed by atoms with Crippen molar-refractivity contribution in [3.63, 3.8) is 0 Å². The number of aromatic nitrogens is 1. The lowest BCUT2D eigenvalue weighted by molar-refractivity contribution is -0.122. The molecule has 4 N–H and O–H groups in total. The van der Waals surface area contributed by atoms with E-state index in [2.05, 4.69) is 15.6 Å². The highest BCUT2D eigenvalue weighted by Gasteiger charge is 2.16. The topological polar surface area (TPSA) is 93.2 Å². The van der Waals surface area contributed by atoms with Gasteiger partial charge in [0.25, 0.3) is 6.01 Å². The number of nitrogens with one attached hydrogen (secondary N) is 2. The summed E-state index contributed by atoms with van der Waals surface area (Å²) < 4.78 is 5.49. The number of rotatable bonds is 4. The van der Waals surface area contributed by atoms with Crippen molar-refractivity contribution in [2.24, 2.45) is 0 Å². The average Bonchev–Trinajstić information content (AvgIpc) is 2.69. The Labute approximate surface area is 111 Å². The second-order valence-electron chi connectivity index (χ2n) is 4.78. The van der Waals surface area contributed by atoms with Crippen molar-refractivity contribution in [3.8, 4) is 0 Å². The molecule has 2 rings (SSSR count). The molecule has 0 radical (unpaired) electrons. The third kappa shape index (κ3) is 3.15. The largest absolute Gasteiger partial charge is 0.423 e. The van der Waals surface area contributed by atoms with Crippen LogP contribution < -0.4 is 16.4 Å². The average molecular weight is 262 g/mol. The second-order valence-corrected chi connectivity index (χ2v) is 4.78. The third-order valence-corrected chi connectivity index (χ3v) is 2.58. The summed E-state index contributed by atoms with van der Waals surface area (Å²) in [5.41, 5.74) is 7.58. The zero-order valence-electron chi connectivity index (χ0n) is 11.2. The van der Waals surface area contributed by atoms with Gasteiger partial charge in [-0.3, -0.25) is 4.79 Å². The summed E-state index contributed by atoms with van der Waals surface area (Å²) in [4.78, 5) is 16.0. The van der Waals surface area contributed by atoms with E-state index in [4.69, 9.17) is 10.2 Å². The smallest absolute Gasteiger partial charge is 0.296 e. The van der Waals surface area contributed by atoms with E-state index in [1.165, 1.54) is 0 Å². The maximum Gasteiger partial charge on any atom is 0.296 e. The number of nitrogens with two attached hydrogens (primary N) is 1. The van der Waals surface area contributed by atoms with Gasteiger partial charge in [-0.15, -0.1) is 0 Å². The minimum atomic E-state index is -0.423. The van der Waals surface area contributed by atoms with E-state index >= 15 is 0 Å². The van der Waals surface area contributed by atoms with Crippen LogP contribution in [0.25, 0.3) is 11.1 Å². The van der Waals surface area contributed by atoms with Crippen LogP contribution in [0, 0.1) is 0 Å². The van der Waals surface area contributed by atoms with Crippen LogP contribution in [-0.2, 0) is 4.79 Å². The summed E-state index contributed by atoms with van der Waals surface area (Å²) in [5.74, 6) is -0.100. The summed E-state index contributed by atoms with van der Waals surface area (Å²) in [6.45, 7) is 5.57. The SMILES string of the molecule is CC(C)NC(=O)C(C)Nc1nc2ccc(N)cc2o1. The van der Waals surface area contributed by atoms with Crippen LogP contribution in [0.3, 0.4) is 0 Å². The zero-order valence-corrected chi connectivity index (χ0v) is 11.2. The van der Waals surface area contributed by atoms with E-state index in [1.807, 2.05) is 13.8 Å². The van der Waals surface area contributed by atoms with Gasteiger partial charge in [0.05, 0.1) is 0 Å². The molecule has 1 heterocycles. The fraction of sp³-hybridized carbons (Fsp3) is 0.385. The van der Waals surface area contributed by atoms with Gasteiger partial charge in [0.1, 0.15) is 11.6 Å². The first-order valence-corrected chi connectivity index (χ1v) is 6.18. The molecule has 6 heteroatoms. The first-order chi connectivity index (χ1) is 8.95. The number of anilines is 2. The molecule has 1 amide bonds. The van der Waals surface area contributed by atoms with Crippen LogP contribution in [-0.4, -0.2) is 23.0 Å². The number of amides is 1. The number of fused-ring (bicyclic) bond motifs is 1. The van der Waals surface area contributed by atoms with Crippen molar-refractivity contribution in [1.29, 1.82) is 0 Å². The zero-order chi connectivity index (χ0) is 14.0. The maximum atomic E-state index is 11.8. The molecule has 1 aromatic heterocycles. The Morgan fingerprint density at radius 3 is 2.79 bits per heavy atom. The molecule has 19 heavy (non-hydrogen) atoms. The molecule has 0 saturated heterocycles. The number of hydrogen-bond acceptors (Lipinski definition) is 5. The highest BCUT2D eigenvalue weighted by molar-refractivity contribution is 5.84. The first-order valence-electron chi connectivity index (χ1n) is 6.18. The third-order valence-electron chi connectivity index (χ3n) is 2.58. The van der Waals surface area contributed by atoms with Crippen molar-refractivity contribution < 1.29 is 9.21 Å². The molecule has 1 aromatic carbocycles. The standard InChI is InChI=1S/C13H18N4O2/c1-7(2)15-12(18)8(3)16-13-17-10-5-4-9(14)6-11(10)19-13/h4-8H,14H2,1-3H3,(H,15,18)(H,16,17). The van der Waals surface area contributed by atoms with Gasteiger partial charge < -0.3 is 20.8 Å². The summed E-state index contributed by atoms with van der Waals surface area (Å²) in [6, 6.07) is 5.22. The van der Waals surface area contributed by atoms with Crippen LogP contribution in [0.4, 0.5) is 11.7 Å². The Bertz CT molecular complexity index is 591. The number of hydrogen-bond donors (Lipinski definition) is 3. The number of oxazole rings is 1. The van der Waals surface area contributed by atoms with Crippen molar-refractivity contribution in [1.82, 2.24) is 10.3 Å². The van der Waals surface area contributed by atoms with Crippen LogP contribution in [0.5, 0.6) is 0 Å². The molecule has 0 spiro atoms. The molecule has 0 fully saturated rings. The van der Waals surface area contributed by atoms with Gasteiger partial charge in [-0.1, -0.05) is 0 Å². The Morgan fingerprint density at radius 2 is 2.11 bits per heavy atom. The van der Waals surface area contributed by atoms with Gasteiger partial charge in [0.2, 0.25) is 5.91 Å². The van der Waals surface area contributed by atoms with Crippen LogP contribution in [0.15, 0.2) is 22.6 Å². The summed E-state index contributed by atoms with van der Waals surface area (Å²) in [7, 11) is 0. The van der Waals surface area contributed by atoms with Crippen LogP contribution in [0.2, 0.25) is 0 Å². The minimum Gasteiger partial charge on any atom is -0.423 e. The molecular weight excluding hydrogens is 244 g/mol. The Balaban J connectivity index is 2.10. The predicted octanol–water partition coefficient (Wildman–Crippen LogP) is 1.73. The molecule has 0 aliphatic rings. The Hall–Kier alpha value is -2.24. The molecule has 0 aliphatic heterocycles. The van der Waals surface area contributed by atoms with Crippen molar-refractivity contribution in [2.45, 2.75) is 32.9 Å². The molecule has 0 aliphatic carbocycles. The van der Waals surface area contributed by atoms with Gasteiger partial charge in [0.15, 0.2) is 5.58 Å². The second kappa shape index (κ2) is 5.17. The van der Waals surface area contributed by atoms with Gasteiger partial charge in [0, 0.05) is 17.8 Å². The van der Waals surface area contributed by atoms with E-state index in [9.17, 15) is 4.79 Å². The quantitative estimate of drug-likeness (QED) is 0.730. The van der Waals surface area contributed by atoms with Crippen LogP contribution in [0.1, 0.15) is 20.8 Å². The van der Waals surface area contributed by atoms with Gasteiger partial charge in [-0.2, -0.15) is 4.98 Å². The Kier molecular flexibility index (Phi) is 3.59. The Morgan fingerprint density at radius 1 is 1.37 bits per heavy atom. The van der Waals surface area contributed by atoms with Crippen molar-refractivity contribution in [3.05, 3.63) is 18.2 Å². The molecule has 0 saturated carbocycles. The number of nitrogens with zero attached hydrogens (tertiary/aromatic N) is 1. The summed E-state index contributed by atoms with van der Waals surface area (Å²) >= 11 is 0. The molecule has 6 nitrogen and oxygen atoms in total. The monoisotopic (exact) mass is 262 g/mol. The lowest BCUT2D eigenvalue weighted by Crippen LogP contribution is -2.41. The van der Waals surface area contributed by atoms with E-state index in [-0.39, 0.29) is 11.9 Å². The molecule has 0 bridgehead atoms. The highest BCUT2D eigenvalue weighted by atomic mass is 16.4. The lowest BCUT2D eigenvalue weighted by atomic mass is 10.3. The number of nitrogen functional groups attached to an aromatic ring is 1. The molecule has 102 valence electrons. The predicted molar refractivity (Wildman–Crippen MR) is 74.8 cm³/mol.